The molecule has 0 bridgehead atoms. The normalized spacial score (nSPS) is 12.0. The molecule has 0 saturated heterocycles. The summed E-state index contributed by atoms with van der Waals surface area (Å²) in [7, 11) is 0. The van der Waals surface area contributed by atoms with Crippen molar-refractivity contribution in [3.8, 4) is 11.5 Å². The van der Waals surface area contributed by atoms with Gasteiger partial charge in [-0.1, -0.05) is 5.16 Å². The van der Waals surface area contributed by atoms with Crippen LogP contribution in [0, 0.1) is 0 Å². The monoisotopic (exact) mass is 278 g/mol. The van der Waals surface area contributed by atoms with Crippen molar-refractivity contribution < 1.29 is 18.8 Å². The first-order valence-corrected chi connectivity index (χ1v) is 6.32. The van der Waals surface area contributed by atoms with Crippen molar-refractivity contribution in [1.29, 1.82) is 0 Å². The maximum absolute atomic E-state index is 10.9. The fraction of sp³-hybridized carbons (Fsp3) is 0.429. The van der Waals surface area contributed by atoms with Crippen LogP contribution in [0.3, 0.4) is 0 Å². The molecule has 6 heteroatoms. The van der Waals surface area contributed by atoms with Gasteiger partial charge in [-0.3, -0.25) is 9.69 Å². The van der Waals surface area contributed by atoms with E-state index >= 15 is 0 Å². The van der Waals surface area contributed by atoms with Gasteiger partial charge in [0.1, 0.15) is 0 Å². The number of carboxylic acid groups (broad SMARTS) is 1. The van der Waals surface area contributed by atoms with Gasteiger partial charge in [0, 0.05) is 18.2 Å². The highest BCUT2D eigenvalue weighted by Crippen LogP contribution is 2.23. The molecule has 20 heavy (non-hydrogen) atoms. The van der Waals surface area contributed by atoms with E-state index in [2.05, 4.69) is 5.16 Å². The molecule has 0 aliphatic heterocycles. The molecule has 0 fully saturated rings. The molecule has 2 rings (SSSR count). The van der Waals surface area contributed by atoms with Gasteiger partial charge in [-0.15, -0.1) is 0 Å². The molecule has 2 heterocycles. The molecule has 2 aromatic heterocycles. The van der Waals surface area contributed by atoms with Gasteiger partial charge in [-0.2, -0.15) is 0 Å². The van der Waals surface area contributed by atoms with Crippen LogP contribution in [0.4, 0.5) is 0 Å². The first-order chi connectivity index (χ1) is 9.36. The highest BCUT2D eigenvalue weighted by atomic mass is 16.5. The zero-order chi connectivity index (χ0) is 14.8. The molecule has 0 amide bonds. The lowest BCUT2D eigenvalue weighted by molar-refractivity contribution is -0.140. The van der Waals surface area contributed by atoms with Crippen molar-refractivity contribution >= 4 is 5.97 Å². The molecule has 2 aromatic rings. The fourth-order valence-corrected chi connectivity index (χ4v) is 1.81. The number of aromatic nitrogens is 1. The van der Waals surface area contributed by atoms with Crippen LogP contribution in [0.2, 0.25) is 0 Å². The van der Waals surface area contributed by atoms with Crippen LogP contribution in [0.5, 0.6) is 0 Å². The summed E-state index contributed by atoms with van der Waals surface area (Å²) in [6, 6.07) is 5.31. The van der Waals surface area contributed by atoms with E-state index in [1.165, 1.54) is 0 Å². The first-order valence-electron chi connectivity index (χ1n) is 6.32. The third kappa shape index (κ3) is 3.48. The Balaban J connectivity index is 2.13. The predicted molar refractivity (Wildman–Crippen MR) is 72.0 cm³/mol. The maximum atomic E-state index is 10.9. The number of rotatable bonds is 5. The quantitative estimate of drug-likeness (QED) is 0.905. The van der Waals surface area contributed by atoms with E-state index in [0.29, 0.717) is 23.8 Å². The van der Waals surface area contributed by atoms with E-state index in [-0.39, 0.29) is 12.1 Å². The molecule has 0 unspecified atom stereocenters. The SMILES string of the molecule is CC(C)(C)N(CC(=O)O)Cc1cc(-c2ccco2)on1. The Morgan fingerprint density at radius 1 is 1.40 bits per heavy atom. The second-order valence-electron chi connectivity index (χ2n) is 5.58. The maximum Gasteiger partial charge on any atom is 0.317 e. The lowest BCUT2D eigenvalue weighted by atomic mass is 10.1. The zero-order valence-corrected chi connectivity index (χ0v) is 11.8. The summed E-state index contributed by atoms with van der Waals surface area (Å²) < 4.78 is 10.4. The van der Waals surface area contributed by atoms with Crippen LogP contribution in [-0.2, 0) is 11.3 Å². The van der Waals surface area contributed by atoms with E-state index < -0.39 is 5.97 Å². The number of furan rings is 1. The summed E-state index contributed by atoms with van der Waals surface area (Å²) >= 11 is 0. The number of hydrogen-bond donors (Lipinski definition) is 1. The molecule has 0 spiro atoms. The Labute approximate surface area is 117 Å². The van der Waals surface area contributed by atoms with Gasteiger partial charge in [0.2, 0.25) is 5.76 Å². The number of nitrogens with zero attached hydrogens (tertiary/aromatic N) is 2. The van der Waals surface area contributed by atoms with Crippen molar-refractivity contribution in [3.63, 3.8) is 0 Å². The van der Waals surface area contributed by atoms with E-state index in [9.17, 15) is 4.79 Å². The Morgan fingerprint density at radius 3 is 2.70 bits per heavy atom. The number of carboxylic acids is 1. The molecule has 0 radical (unpaired) electrons. The molecule has 108 valence electrons. The number of aliphatic carboxylic acids is 1. The number of carbonyl (C=O) groups is 1. The topological polar surface area (TPSA) is 79.7 Å². The Bertz CT molecular complexity index is 566. The molecule has 0 saturated carbocycles. The van der Waals surface area contributed by atoms with Gasteiger partial charge in [-0.05, 0) is 32.9 Å². The minimum atomic E-state index is -0.866. The predicted octanol–water partition coefficient (Wildman–Crippen LogP) is 2.62. The average Bonchev–Trinajstić information content (AvgIpc) is 2.95. The van der Waals surface area contributed by atoms with E-state index in [4.69, 9.17) is 14.0 Å². The van der Waals surface area contributed by atoms with Gasteiger partial charge in [0.15, 0.2) is 5.76 Å². The van der Waals surface area contributed by atoms with Crippen LogP contribution in [0.25, 0.3) is 11.5 Å². The second kappa shape index (κ2) is 5.50. The summed E-state index contributed by atoms with van der Waals surface area (Å²) in [4.78, 5) is 12.8. The average molecular weight is 278 g/mol. The van der Waals surface area contributed by atoms with E-state index in [0.717, 1.165) is 0 Å². The lowest BCUT2D eigenvalue weighted by Gasteiger charge is -2.33. The van der Waals surface area contributed by atoms with Gasteiger partial charge >= 0.3 is 5.97 Å². The molecular weight excluding hydrogens is 260 g/mol. The Morgan fingerprint density at radius 2 is 2.15 bits per heavy atom. The van der Waals surface area contributed by atoms with Crippen LogP contribution in [0.1, 0.15) is 26.5 Å². The van der Waals surface area contributed by atoms with Gasteiger partial charge < -0.3 is 14.0 Å². The summed E-state index contributed by atoms with van der Waals surface area (Å²) in [6.07, 6.45) is 1.56. The summed E-state index contributed by atoms with van der Waals surface area (Å²) in [5.41, 5.74) is 0.398. The first kappa shape index (κ1) is 14.3. The standard InChI is InChI=1S/C14H18N2O4/c1-14(2,3)16(9-13(17)18)8-10-7-12(20-15-10)11-5-4-6-19-11/h4-7H,8-9H2,1-3H3,(H,17,18). The van der Waals surface area contributed by atoms with Crippen molar-refractivity contribution in [3.05, 3.63) is 30.2 Å². The van der Waals surface area contributed by atoms with E-state index in [1.807, 2.05) is 25.7 Å². The largest absolute Gasteiger partial charge is 0.480 e. The summed E-state index contributed by atoms with van der Waals surface area (Å²) in [5.74, 6) is 0.271. The molecule has 1 N–H and O–H groups in total. The minimum absolute atomic E-state index is 0.0492. The molecule has 0 aliphatic carbocycles. The van der Waals surface area contributed by atoms with Gasteiger partial charge in [0.05, 0.1) is 18.5 Å². The lowest BCUT2D eigenvalue weighted by Crippen LogP contribution is -2.43. The third-order valence-electron chi connectivity index (χ3n) is 2.95. The highest BCUT2D eigenvalue weighted by Gasteiger charge is 2.25. The molecule has 0 atom stereocenters. The summed E-state index contributed by atoms with van der Waals surface area (Å²) in [5, 5.41) is 12.9. The Hall–Kier alpha value is -2.08. The molecule has 0 aromatic carbocycles. The number of hydrogen-bond acceptors (Lipinski definition) is 5. The molecule has 0 aliphatic rings. The van der Waals surface area contributed by atoms with Crippen LogP contribution in [0.15, 0.2) is 33.4 Å². The van der Waals surface area contributed by atoms with Gasteiger partial charge in [-0.25, -0.2) is 0 Å². The van der Waals surface area contributed by atoms with Crippen LogP contribution < -0.4 is 0 Å². The summed E-state index contributed by atoms with van der Waals surface area (Å²) in [6.45, 7) is 6.24. The van der Waals surface area contributed by atoms with Crippen molar-refractivity contribution in [2.75, 3.05) is 6.54 Å². The second-order valence-corrected chi connectivity index (χ2v) is 5.58. The highest BCUT2D eigenvalue weighted by molar-refractivity contribution is 5.69. The third-order valence-corrected chi connectivity index (χ3v) is 2.95. The van der Waals surface area contributed by atoms with E-state index in [1.54, 1.807) is 24.5 Å². The molecule has 6 nitrogen and oxygen atoms in total. The smallest absolute Gasteiger partial charge is 0.317 e. The van der Waals surface area contributed by atoms with Crippen LogP contribution >= 0.6 is 0 Å². The minimum Gasteiger partial charge on any atom is -0.480 e. The molecular formula is C14H18N2O4. The van der Waals surface area contributed by atoms with Crippen molar-refractivity contribution in [2.24, 2.45) is 0 Å². The fourth-order valence-electron chi connectivity index (χ4n) is 1.81. The van der Waals surface area contributed by atoms with Crippen LogP contribution in [-0.4, -0.2) is 33.2 Å². The zero-order valence-electron chi connectivity index (χ0n) is 11.8. The van der Waals surface area contributed by atoms with Crippen molar-refractivity contribution in [2.45, 2.75) is 32.9 Å². The Kier molecular flexibility index (Phi) is 3.94. The van der Waals surface area contributed by atoms with Crippen molar-refractivity contribution in [1.82, 2.24) is 10.1 Å². The van der Waals surface area contributed by atoms with Gasteiger partial charge in [0.25, 0.3) is 0 Å².